The standard InChI is InChI=1S/C10H11FN2O2/c1-6-7-2-3-9(11)10(13(14)15)8(7)4-5-12-6/h2-3,6,12H,4-5H2,1H3. The van der Waals surface area contributed by atoms with E-state index in [0.717, 1.165) is 5.56 Å². The summed E-state index contributed by atoms with van der Waals surface area (Å²) in [5, 5.41) is 13.9. The van der Waals surface area contributed by atoms with E-state index in [1.165, 1.54) is 6.07 Å². The highest BCUT2D eigenvalue weighted by molar-refractivity contribution is 5.49. The van der Waals surface area contributed by atoms with Gasteiger partial charge in [-0.1, -0.05) is 6.07 Å². The molecule has 1 aromatic rings. The van der Waals surface area contributed by atoms with Gasteiger partial charge >= 0.3 is 5.69 Å². The third kappa shape index (κ3) is 1.59. The first-order valence-corrected chi connectivity index (χ1v) is 4.80. The molecule has 2 rings (SSSR count). The fourth-order valence-electron chi connectivity index (χ4n) is 2.01. The van der Waals surface area contributed by atoms with Crippen molar-refractivity contribution in [3.05, 3.63) is 39.2 Å². The number of benzene rings is 1. The molecule has 1 heterocycles. The third-order valence-corrected chi connectivity index (χ3v) is 2.74. The van der Waals surface area contributed by atoms with Crippen LogP contribution in [0.15, 0.2) is 12.1 Å². The Kier molecular flexibility index (Phi) is 2.40. The van der Waals surface area contributed by atoms with Crippen molar-refractivity contribution in [2.24, 2.45) is 0 Å². The van der Waals surface area contributed by atoms with Gasteiger partial charge in [-0.05, 0) is 25.0 Å². The predicted molar refractivity (Wildman–Crippen MR) is 53.2 cm³/mol. The quantitative estimate of drug-likeness (QED) is 0.569. The molecule has 0 fully saturated rings. The minimum Gasteiger partial charge on any atom is -0.310 e. The zero-order chi connectivity index (χ0) is 11.0. The number of nitrogens with one attached hydrogen (secondary N) is 1. The first kappa shape index (κ1) is 10.0. The number of nitrogens with zero attached hydrogens (tertiary/aromatic N) is 1. The third-order valence-electron chi connectivity index (χ3n) is 2.74. The summed E-state index contributed by atoms with van der Waals surface area (Å²) in [6, 6.07) is 2.84. The summed E-state index contributed by atoms with van der Waals surface area (Å²) in [5.41, 5.74) is 1.00. The Labute approximate surface area is 86.3 Å². The average Bonchev–Trinajstić information content (AvgIpc) is 2.17. The largest absolute Gasteiger partial charge is 0.310 e. The molecule has 1 N–H and O–H groups in total. The summed E-state index contributed by atoms with van der Waals surface area (Å²) in [6.45, 7) is 2.57. The highest BCUT2D eigenvalue weighted by Gasteiger charge is 2.27. The van der Waals surface area contributed by atoms with E-state index >= 15 is 0 Å². The summed E-state index contributed by atoms with van der Waals surface area (Å²) in [7, 11) is 0. The Bertz CT molecular complexity index is 420. The van der Waals surface area contributed by atoms with Crippen LogP contribution in [0.4, 0.5) is 10.1 Å². The zero-order valence-corrected chi connectivity index (χ0v) is 8.29. The van der Waals surface area contributed by atoms with Gasteiger partial charge in [-0.3, -0.25) is 10.1 Å². The summed E-state index contributed by atoms with van der Waals surface area (Å²) in [4.78, 5) is 10.1. The van der Waals surface area contributed by atoms with E-state index < -0.39 is 10.7 Å². The molecular weight excluding hydrogens is 199 g/mol. The molecule has 1 aliphatic rings. The molecule has 0 saturated heterocycles. The number of hydrogen-bond acceptors (Lipinski definition) is 3. The van der Waals surface area contributed by atoms with E-state index in [-0.39, 0.29) is 11.7 Å². The van der Waals surface area contributed by atoms with Crippen molar-refractivity contribution in [3.8, 4) is 0 Å². The van der Waals surface area contributed by atoms with Crippen molar-refractivity contribution in [2.45, 2.75) is 19.4 Å². The van der Waals surface area contributed by atoms with Gasteiger partial charge in [0.25, 0.3) is 0 Å². The predicted octanol–water partition coefficient (Wildman–Crippen LogP) is 1.94. The Morgan fingerprint density at radius 1 is 1.60 bits per heavy atom. The van der Waals surface area contributed by atoms with E-state index in [4.69, 9.17) is 0 Å². The lowest BCUT2D eigenvalue weighted by molar-refractivity contribution is -0.388. The Morgan fingerprint density at radius 3 is 3.00 bits per heavy atom. The number of nitro benzene ring substituents is 1. The van der Waals surface area contributed by atoms with Crippen LogP contribution in [0.5, 0.6) is 0 Å². The van der Waals surface area contributed by atoms with Gasteiger partial charge in [0.15, 0.2) is 0 Å². The minimum atomic E-state index is -0.743. The molecule has 4 nitrogen and oxygen atoms in total. The van der Waals surface area contributed by atoms with Gasteiger partial charge < -0.3 is 5.32 Å². The second kappa shape index (κ2) is 3.58. The van der Waals surface area contributed by atoms with Crippen LogP contribution in [0.25, 0.3) is 0 Å². The molecule has 1 aromatic carbocycles. The summed E-state index contributed by atoms with van der Waals surface area (Å²) in [6.07, 6.45) is 0.508. The molecule has 0 spiro atoms. The van der Waals surface area contributed by atoms with Gasteiger partial charge in [-0.15, -0.1) is 0 Å². The number of hydrogen-bond donors (Lipinski definition) is 1. The maximum absolute atomic E-state index is 13.3. The monoisotopic (exact) mass is 210 g/mol. The fraction of sp³-hybridized carbons (Fsp3) is 0.400. The molecule has 0 radical (unpaired) electrons. The lowest BCUT2D eigenvalue weighted by atomic mass is 9.93. The van der Waals surface area contributed by atoms with E-state index in [1.54, 1.807) is 6.07 Å². The van der Waals surface area contributed by atoms with Crippen molar-refractivity contribution in [2.75, 3.05) is 6.54 Å². The fourth-order valence-corrected chi connectivity index (χ4v) is 2.01. The van der Waals surface area contributed by atoms with E-state index in [2.05, 4.69) is 5.32 Å². The van der Waals surface area contributed by atoms with E-state index in [9.17, 15) is 14.5 Å². The lowest BCUT2D eigenvalue weighted by Crippen LogP contribution is -2.28. The van der Waals surface area contributed by atoms with Crippen LogP contribution in [0.1, 0.15) is 24.1 Å². The van der Waals surface area contributed by atoms with Gasteiger partial charge in [0.2, 0.25) is 5.82 Å². The molecular formula is C10H11FN2O2. The maximum Gasteiger partial charge on any atom is 0.308 e. The van der Waals surface area contributed by atoms with Gasteiger partial charge in [-0.25, -0.2) is 0 Å². The topological polar surface area (TPSA) is 55.2 Å². The van der Waals surface area contributed by atoms with Crippen molar-refractivity contribution in [1.29, 1.82) is 0 Å². The summed E-state index contributed by atoms with van der Waals surface area (Å²) >= 11 is 0. The Balaban J connectivity index is 2.63. The highest BCUT2D eigenvalue weighted by Crippen LogP contribution is 2.32. The molecule has 5 heteroatoms. The average molecular weight is 210 g/mol. The first-order chi connectivity index (χ1) is 7.11. The first-order valence-electron chi connectivity index (χ1n) is 4.80. The summed E-state index contributed by atoms with van der Waals surface area (Å²) in [5.74, 6) is -0.743. The van der Waals surface area contributed by atoms with Crippen molar-refractivity contribution in [1.82, 2.24) is 5.32 Å². The minimum absolute atomic E-state index is 0.0491. The SMILES string of the molecule is CC1NCCc2c1ccc(F)c2[N+](=O)[O-]. The van der Waals surface area contributed by atoms with Crippen LogP contribution in [0, 0.1) is 15.9 Å². The number of halogens is 1. The van der Waals surface area contributed by atoms with E-state index in [0.29, 0.717) is 18.5 Å². The molecule has 1 unspecified atom stereocenters. The number of rotatable bonds is 1. The van der Waals surface area contributed by atoms with Crippen molar-refractivity contribution in [3.63, 3.8) is 0 Å². The molecule has 15 heavy (non-hydrogen) atoms. The zero-order valence-electron chi connectivity index (χ0n) is 8.29. The van der Waals surface area contributed by atoms with Crippen LogP contribution >= 0.6 is 0 Å². The molecule has 0 bridgehead atoms. The number of nitro groups is 1. The maximum atomic E-state index is 13.3. The van der Waals surface area contributed by atoms with Crippen molar-refractivity contribution >= 4 is 5.69 Å². The molecule has 1 aliphatic heterocycles. The molecule has 80 valence electrons. The van der Waals surface area contributed by atoms with Crippen LogP contribution < -0.4 is 5.32 Å². The molecule has 1 atom stereocenters. The molecule has 0 amide bonds. The Hall–Kier alpha value is -1.49. The smallest absolute Gasteiger partial charge is 0.308 e. The molecule has 0 aliphatic carbocycles. The van der Waals surface area contributed by atoms with Gasteiger partial charge in [-0.2, -0.15) is 4.39 Å². The van der Waals surface area contributed by atoms with Crippen LogP contribution in [-0.4, -0.2) is 11.5 Å². The van der Waals surface area contributed by atoms with Crippen molar-refractivity contribution < 1.29 is 9.31 Å². The molecule has 0 aromatic heterocycles. The second-order valence-corrected chi connectivity index (χ2v) is 3.65. The van der Waals surface area contributed by atoms with E-state index in [1.807, 2.05) is 6.92 Å². The van der Waals surface area contributed by atoms with Gasteiger partial charge in [0.1, 0.15) is 0 Å². The van der Waals surface area contributed by atoms with Crippen LogP contribution in [0.2, 0.25) is 0 Å². The van der Waals surface area contributed by atoms with Crippen LogP contribution in [-0.2, 0) is 6.42 Å². The van der Waals surface area contributed by atoms with Crippen LogP contribution in [0.3, 0.4) is 0 Å². The summed E-state index contributed by atoms with van der Waals surface area (Å²) < 4.78 is 13.3. The molecule has 0 saturated carbocycles. The number of fused-ring (bicyclic) bond motifs is 1. The van der Waals surface area contributed by atoms with Gasteiger partial charge in [0.05, 0.1) is 4.92 Å². The highest BCUT2D eigenvalue weighted by atomic mass is 19.1. The normalized spacial score (nSPS) is 19.7. The second-order valence-electron chi connectivity index (χ2n) is 3.65. The lowest BCUT2D eigenvalue weighted by Gasteiger charge is -2.23. The van der Waals surface area contributed by atoms with Gasteiger partial charge in [0, 0.05) is 18.2 Å². The Morgan fingerprint density at radius 2 is 2.33 bits per heavy atom.